The molecule has 0 bridgehead atoms. The molecule has 0 saturated carbocycles. The van der Waals surface area contributed by atoms with Gasteiger partial charge in [-0.05, 0) is 37.7 Å². The summed E-state index contributed by atoms with van der Waals surface area (Å²) in [6, 6.07) is 8.20. The van der Waals surface area contributed by atoms with Crippen LogP contribution in [0.15, 0.2) is 47.8 Å². The molecule has 2 rings (SSSR count). The fraction of sp³-hybridized carbons (Fsp3) is 0.312. The maximum Gasteiger partial charge on any atom is 0.242 e. The Kier molecular flexibility index (Phi) is 5.22. The molecule has 5 heteroatoms. The lowest BCUT2D eigenvalue weighted by Crippen LogP contribution is -2.29. The molecule has 4 nitrogen and oxygen atoms in total. The average molecular weight is 299 g/mol. The molecular weight excluding hydrogens is 278 g/mol. The van der Waals surface area contributed by atoms with Crippen LogP contribution in [-0.4, -0.2) is 31.0 Å². The van der Waals surface area contributed by atoms with Gasteiger partial charge >= 0.3 is 0 Å². The molecule has 0 aliphatic rings. The maximum atomic E-state index is 6.11. The molecule has 21 heavy (non-hydrogen) atoms. The van der Waals surface area contributed by atoms with E-state index < -0.39 is 8.32 Å². The molecule has 0 radical (unpaired) electrons. The second-order valence-electron chi connectivity index (χ2n) is 5.74. The Labute approximate surface area is 127 Å². The second-order valence-corrected chi connectivity index (χ2v) is 10.2. The normalized spacial score (nSPS) is 11.8. The van der Waals surface area contributed by atoms with Gasteiger partial charge in [0.05, 0.1) is 11.9 Å². The third kappa shape index (κ3) is 5.47. The molecule has 2 aromatic rings. The van der Waals surface area contributed by atoms with Crippen LogP contribution >= 0.6 is 0 Å². The highest BCUT2D eigenvalue weighted by molar-refractivity contribution is 6.70. The van der Waals surface area contributed by atoms with Gasteiger partial charge in [0.1, 0.15) is 5.75 Å². The quantitative estimate of drug-likeness (QED) is 0.607. The average Bonchev–Trinajstić information content (AvgIpc) is 2.45. The van der Waals surface area contributed by atoms with E-state index in [1.54, 1.807) is 24.8 Å². The van der Waals surface area contributed by atoms with Crippen LogP contribution in [0.5, 0.6) is 5.75 Å². The van der Waals surface area contributed by atoms with Crippen molar-refractivity contribution in [2.75, 3.05) is 6.54 Å². The Morgan fingerprint density at radius 1 is 1.19 bits per heavy atom. The van der Waals surface area contributed by atoms with Gasteiger partial charge in [0, 0.05) is 25.2 Å². The summed E-state index contributed by atoms with van der Waals surface area (Å²) in [6.07, 6.45) is 7.64. The van der Waals surface area contributed by atoms with Crippen molar-refractivity contribution in [3.63, 3.8) is 0 Å². The molecule has 1 aromatic heterocycles. The molecule has 0 aliphatic carbocycles. The van der Waals surface area contributed by atoms with E-state index in [1.807, 2.05) is 18.2 Å². The largest absolute Gasteiger partial charge is 0.544 e. The van der Waals surface area contributed by atoms with Gasteiger partial charge in [0.15, 0.2) is 0 Å². The number of para-hydroxylation sites is 1. The van der Waals surface area contributed by atoms with Crippen molar-refractivity contribution in [3.05, 3.63) is 54.1 Å². The van der Waals surface area contributed by atoms with E-state index in [9.17, 15) is 0 Å². The molecule has 0 amide bonds. The lowest BCUT2D eigenvalue weighted by molar-refractivity contribution is 0.549. The summed E-state index contributed by atoms with van der Waals surface area (Å²) in [5, 5.41) is 0. The Morgan fingerprint density at radius 2 is 2.00 bits per heavy atom. The number of rotatable bonds is 6. The van der Waals surface area contributed by atoms with E-state index in [0.29, 0.717) is 6.54 Å². The number of nitrogens with zero attached hydrogens (tertiary/aromatic N) is 3. The minimum Gasteiger partial charge on any atom is -0.544 e. The van der Waals surface area contributed by atoms with Crippen LogP contribution in [0.3, 0.4) is 0 Å². The highest BCUT2D eigenvalue weighted by Crippen LogP contribution is 2.22. The van der Waals surface area contributed by atoms with Gasteiger partial charge in [0.2, 0.25) is 8.32 Å². The maximum absolute atomic E-state index is 6.11. The van der Waals surface area contributed by atoms with Gasteiger partial charge in [-0.15, -0.1) is 0 Å². The second kappa shape index (κ2) is 7.13. The van der Waals surface area contributed by atoms with Crippen molar-refractivity contribution in [1.29, 1.82) is 0 Å². The Hall–Kier alpha value is -2.01. The van der Waals surface area contributed by atoms with Crippen LogP contribution in [0.1, 0.15) is 11.3 Å². The third-order valence-electron chi connectivity index (χ3n) is 2.71. The first kappa shape index (κ1) is 15.4. The van der Waals surface area contributed by atoms with Crippen molar-refractivity contribution in [2.24, 2.45) is 4.99 Å². The first-order valence-corrected chi connectivity index (χ1v) is 10.5. The van der Waals surface area contributed by atoms with E-state index in [-0.39, 0.29) is 0 Å². The topological polar surface area (TPSA) is 47.4 Å². The monoisotopic (exact) mass is 299 g/mol. The highest BCUT2D eigenvalue weighted by Gasteiger charge is 2.17. The number of hydrogen-bond acceptors (Lipinski definition) is 4. The van der Waals surface area contributed by atoms with Crippen LogP contribution in [0, 0.1) is 0 Å². The molecule has 1 aromatic carbocycles. The fourth-order valence-electron chi connectivity index (χ4n) is 1.86. The van der Waals surface area contributed by atoms with E-state index >= 15 is 0 Å². The third-order valence-corrected chi connectivity index (χ3v) is 3.54. The molecule has 0 fully saturated rings. The molecule has 0 spiro atoms. The number of aliphatic imine (C=N–C) groups is 1. The zero-order valence-electron chi connectivity index (χ0n) is 12.8. The van der Waals surface area contributed by atoms with Crippen molar-refractivity contribution in [3.8, 4) is 5.75 Å². The molecule has 0 atom stereocenters. The molecule has 0 N–H and O–H groups in total. The Bertz CT molecular complexity index is 594. The lowest BCUT2D eigenvalue weighted by atomic mass is 10.1. The summed E-state index contributed by atoms with van der Waals surface area (Å²) in [5.41, 5.74) is 1.99. The molecule has 0 unspecified atom stereocenters. The molecule has 1 heterocycles. The smallest absolute Gasteiger partial charge is 0.242 e. The summed E-state index contributed by atoms with van der Waals surface area (Å²) in [5.74, 6) is 0.992. The van der Waals surface area contributed by atoms with Gasteiger partial charge in [-0.1, -0.05) is 18.2 Å². The fourth-order valence-corrected chi connectivity index (χ4v) is 2.72. The minimum absolute atomic E-state index is 0.711. The van der Waals surface area contributed by atoms with E-state index in [1.165, 1.54) is 5.56 Å². The van der Waals surface area contributed by atoms with Crippen LogP contribution in [0.25, 0.3) is 0 Å². The SMILES string of the molecule is C[Si](C)(C)Oc1ccccc1CCN=Cc1cnccn1. The summed E-state index contributed by atoms with van der Waals surface area (Å²) < 4.78 is 6.11. The summed E-state index contributed by atoms with van der Waals surface area (Å²) in [7, 11) is -1.59. The van der Waals surface area contributed by atoms with Gasteiger partial charge in [-0.2, -0.15) is 0 Å². The van der Waals surface area contributed by atoms with Crippen molar-refractivity contribution in [2.45, 2.75) is 26.1 Å². The van der Waals surface area contributed by atoms with E-state index in [4.69, 9.17) is 4.43 Å². The molecule has 0 saturated heterocycles. The summed E-state index contributed by atoms with van der Waals surface area (Å²) in [6.45, 7) is 7.28. The highest BCUT2D eigenvalue weighted by atomic mass is 28.4. The zero-order valence-corrected chi connectivity index (χ0v) is 13.8. The minimum atomic E-state index is -1.59. The van der Waals surface area contributed by atoms with Crippen molar-refractivity contribution in [1.82, 2.24) is 9.97 Å². The van der Waals surface area contributed by atoms with E-state index in [0.717, 1.165) is 17.9 Å². The first-order chi connectivity index (χ1) is 10.0. The predicted molar refractivity (Wildman–Crippen MR) is 88.6 cm³/mol. The number of benzene rings is 1. The Balaban J connectivity index is 1.96. The predicted octanol–water partition coefficient (Wildman–Crippen LogP) is 3.35. The van der Waals surface area contributed by atoms with E-state index in [2.05, 4.69) is 40.7 Å². The molecular formula is C16H21N3OSi. The van der Waals surface area contributed by atoms with Gasteiger partial charge in [-0.3, -0.25) is 15.0 Å². The van der Waals surface area contributed by atoms with Crippen molar-refractivity contribution < 1.29 is 4.43 Å². The number of hydrogen-bond donors (Lipinski definition) is 0. The summed E-state index contributed by atoms with van der Waals surface area (Å²) >= 11 is 0. The van der Waals surface area contributed by atoms with Crippen LogP contribution in [0.2, 0.25) is 19.6 Å². The van der Waals surface area contributed by atoms with Crippen LogP contribution in [0.4, 0.5) is 0 Å². The molecule has 0 aliphatic heterocycles. The standard InChI is InChI=1S/C16H21N3OSi/c1-21(2,3)20-16-7-5-4-6-14(16)8-9-17-12-15-13-18-10-11-19-15/h4-7,10-13H,8-9H2,1-3H3. The van der Waals surface area contributed by atoms with Gasteiger partial charge in [0.25, 0.3) is 0 Å². The summed E-state index contributed by atoms with van der Waals surface area (Å²) in [4.78, 5) is 12.6. The first-order valence-electron chi connectivity index (χ1n) is 7.07. The van der Waals surface area contributed by atoms with Crippen LogP contribution in [-0.2, 0) is 6.42 Å². The number of aromatic nitrogens is 2. The van der Waals surface area contributed by atoms with Gasteiger partial charge in [-0.25, -0.2) is 0 Å². The van der Waals surface area contributed by atoms with Crippen molar-refractivity contribution >= 4 is 14.5 Å². The van der Waals surface area contributed by atoms with Crippen LogP contribution < -0.4 is 4.43 Å². The Morgan fingerprint density at radius 3 is 2.71 bits per heavy atom. The van der Waals surface area contributed by atoms with Gasteiger partial charge < -0.3 is 4.43 Å². The lowest BCUT2D eigenvalue weighted by Gasteiger charge is -2.21. The zero-order chi connectivity index (χ0) is 15.1. The molecule has 110 valence electrons.